The summed E-state index contributed by atoms with van der Waals surface area (Å²) in [6.45, 7) is 16.2. The smallest absolute Gasteiger partial charge is 0.306 e. The number of rotatable bonds is 28. The van der Waals surface area contributed by atoms with E-state index in [1.807, 2.05) is 72.9 Å². The Morgan fingerprint density at radius 2 is 1.44 bits per heavy atom. The quantitative estimate of drug-likeness (QED) is 0.0244. The molecule has 7 nitrogen and oxygen atoms in total. The number of carbonyl (C=O) groups is 1. The number of ether oxygens (including phenoxy) is 3. The van der Waals surface area contributed by atoms with E-state index in [2.05, 4.69) is 47.6 Å². The molecule has 0 saturated heterocycles. The van der Waals surface area contributed by atoms with Crippen LogP contribution in [0.2, 0.25) is 0 Å². The molecule has 4 aliphatic rings. The second kappa shape index (κ2) is 26.2. The van der Waals surface area contributed by atoms with Crippen molar-refractivity contribution in [2.75, 3.05) is 13.2 Å². The van der Waals surface area contributed by atoms with Crippen molar-refractivity contribution in [3.63, 3.8) is 0 Å². The number of aromatic nitrogens is 1. The standard InChI is InChI=1S/C65H92N2O5/c1-7-8-9-10-11-12-13-14-15-18-43-70-54-33-37-60-61(45-54)72-63(67-60)50-26-29-52(30-27-50)66-46-49-24-31-53(32-25-49)69-42-19-16-17-23-62(68)71-55-38-40-64(5)51(44-55)28-34-56-58-36-35-57(48(4)22-20-21-47(2)3)65(58,6)41-39-59(56)64/h24-33,37,45-48,55-59H,7-23,34-36,38-44H2,1-6H3/t48-,55?,56+,57-,58+,59+,64+,65-/m1/s1. The van der Waals surface area contributed by atoms with E-state index in [1.54, 1.807) is 5.57 Å². The Bertz CT molecular complexity index is 2350. The SMILES string of the molecule is CCCCCCCCCCCCOc1ccc2nc(-c3ccc(N=Cc4ccc(OCCCCCC(=O)OC5CC[C@@]6(C)C(=CC[C@H]7[C@@H]8CC[C@H]([C@H](C)CCCC(C)C)[C@@]8(C)CC[C@@H]76)C5)cc4)cc3)oc2c1. The van der Waals surface area contributed by atoms with Gasteiger partial charge in [0.15, 0.2) is 5.58 Å². The first-order valence-corrected chi connectivity index (χ1v) is 29.3. The number of fused-ring (bicyclic) bond motifs is 6. The number of esters is 1. The third-order valence-corrected chi connectivity index (χ3v) is 18.3. The van der Waals surface area contributed by atoms with E-state index in [4.69, 9.17) is 28.6 Å². The summed E-state index contributed by atoms with van der Waals surface area (Å²) in [4.78, 5) is 22.5. The van der Waals surface area contributed by atoms with E-state index in [0.29, 0.717) is 24.3 Å². The van der Waals surface area contributed by atoms with Gasteiger partial charge in [0.25, 0.3) is 0 Å². The molecule has 0 aliphatic heterocycles. The van der Waals surface area contributed by atoms with Gasteiger partial charge in [-0.2, -0.15) is 0 Å². The maximum atomic E-state index is 13.0. The van der Waals surface area contributed by atoms with Gasteiger partial charge in [0.2, 0.25) is 5.89 Å². The summed E-state index contributed by atoms with van der Waals surface area (Å²) in [5, 5.41) is 0. The van der Waals surface area contributed by atoms with Crippen LogP contribution in [0.3, 0.4) is 0 Å². The highest BCUT2D eigenvalue weighted by Crippen LogP contribution is 2.67. The molecule has 3 saturated carbocycles. The van der Waals surface area contributed by atoms with Crippen molar-refractivity contribution in [2.45, 2.75) is 208 Å². The number of carbonyl (C=O) groups excluding carboxylic acids is 1. The van der Waals surface area contributed by atoms with Crippen LogP contribution in [0, 0.1) is 46.3 Å². The van der Waals surface area contributed by atoms with E-state index in [9.17, 15) is 4.79 Å². The molecule has 3 aromatic carbocycles. The summed E-state index contributed by atoms with van der Waals surface area (Å²) >= 11 is 0. The first kappa shape index (κ1) is 53.9. The Hall–Kier alpha value is -4.39. The third-order valence-electron chi connectivity index (χ3n) is 18.3. The maximum Gasteiger partial charge on any atom is 0.306 e. The molecule has 4 aliphatic carbocycles. The van der Waals surface area contributed by atoms with Gasteiger partial charge in [-0.15, -0.1) is 0 Å². The van der Waals surface area contributed by atoms with Crippen LogP contribution in [0.1, 0.15) is 208 Å². The average Bonchev–Trinajstić information content (AvgIpc) is 3.97. The number of hydrogen-bond acceptors (Lipinski definition) is 7. The highest BCUT2D eigenvalue weighted by atomic mass is 16.5. The molecule has 1 aromatic heterocycles. The Kier molecular flexibility index (Phi) is 19.6. The fourth-order valence-corrected chi connectivity index (χ4v) is 14.1. The van der Waals surface area contributed by atoms with Crippen LogP contribution in [0.4, 0.5) is 5.69 Å². The van der Waals surface area contributed by atoms with Gasteiger partial charge in [-0.3, -0.25) is 9.79 Å². The van der Waals surface area contributed by atoms with Crippen molar-refractivity contribution >= 4 is 29.0 Å². The fourth-order valence-electron chi connectivity index (χ4n) is 14.1. The Balaban J connectivity index is 0.691. The molecule has 3 fully saturated rings. The largest absolute Gasteiger partial charge is 0.494 e. The predicted molar refractivity (Wildman–Crippen MR) is 297 cm³/mol. The zero-order valence-electron chi connectivity index (χ0n) is 45.6. The molecule has 8 atom stereocenters. The van der Waals surface area contributed by atoms with Crippen LogP contribution < -0.4 is 9.47 Å². The van der Waals surface area contributed by atoms with Gasteiger partial charge in [-0.05, 0) is 183 Å². The van der Waals surface area contributed by atoms with Gasteiger partial charge >= 0.3 is 5.97 Å². The zero-order valence-corrected chi connectivity index (χ0v) is 45.6. The molecule has 392 valence electrons. The number of allylic oxidation sites excluding steroid dienone is 1. The lowest BCUT2D eigenvalue weighted by molar-refractivity contribution is -0.151. The van der Waals surface area contributed by atoms with Crippen LogP contribution >= 0.6 is 0 Å². The van der Waals surface area contributed by atoms with Crippen molar-refractivity contribution in [3.05, 3.63) is 83.9 Å². The van der Waals surface area contributed by atoms with E-state index in [-0.39, 0.29) is 17.5 Å². The van der Waals surface area contributed by atoms with Crippen LogP contribution in [0.5, 0.6) is 11.5 Å². The number of aliphatic imine (C=N–C) groups is 1. The lowest BCUT2D eigenvalue weighted by atomic mass is 9.47. The summed E-state index contributed by atoms with van der Waals surface area (Å²) < 4.78 is 24.4. The van der Waals surface area contributed by atoms with Gasteiger partial charge < -0.3 is 18.6 Å². The molecular weight excluding hydrogens is 889 g/mol. The summed E-state index contributed by atoms with van der Waals surface area (Å²) in [6, 6.07) is 21.9. The van der Waals surface area contributed by atoms with Crippen molar-refractivity contribution < 1.29 is 23.4 Å². The Morgan fingerprint density at radius 3 is 2.18 bits per heavy atom. The molecule has 0 bridgehead atoms. The summed E-state index contributed by atoms with van der Waals surface area (Å²) in [6.07, 6.45) is 35.0. The number of hydrogen-bond donors (Lipinski definition) is 0. The van der Waals surface area contributed by atoms with E-state index in [0.717, 1.165) is 126 Å². The molecule has 0 amide bonds. The predicted octanol–water partition coefficient (Wildman–Crippen LogP) is 18.4. The molecule has 1 heterocycles. The second-order valence-electron chi connectivity index (χ2n) is 23.9. The number of nitrogens with zero attached hydrogens (tertiary/aromatic N) is 2. The zero-order chi connectivity index (χ0) is 50.3. The molecule has 0 spiro atoms. The van der Waals surface area contributed by atoms with Crippen LogP contribution in [0.25, 0.3) is 22.6 Å². The highest BCUT2D eigenvalue weighted by Gasteiger charge is 2.59. The monoisotopic (exact) mass is 981 g/mol. The first-order valence-electron chi connectivity index (χ1n) is 29.3. The summed E-state index contributed by atoms with van der Waals surface area (Å²) in [5.74, 6) is 7.28. The first-order chi connectivity index (χ1) is 35.0. The van der Waals surface area contributed by atoms with Crippen LogP contribution in [-0.2, 0) is 9.53 Å². The van der Waals surface area contributed by atoms with Crippen molar-refractivity contribution in [1.29, 1.82) is 0 Å². The van der Waals surface area contributed by atoms with Crippen LogP contribution in [0.15, 0.2) is 87.8 Å². The molecule has 7 heteroatoms. The van der Waals surface area contributed by atoms with Crippen LogP contribution in [-0.4, -0.2) is 36.5 Å². The minimum absolute atomic E-state index is 0.0303. The minimum Gasteiger partial charge on any atom is -0.494 e. The molecule has 0 radical (unpaired) electrons. The third kappa shape index (κ3) is 14.1. The lowest BCUT2D eigenvalue weighted by Gasteiger charge is -2.58. The topological polar surface area (TPSA) is 83.2 Å². The van der Waals surface area contributed by atoms with E-state index >= 15 is 0 Å². The van der Waals surface area contributed by atoms with Gasteiger partial charge in [0.1, 0.15) is 23.1 Å². The van der Waals surface area contributed by atoms with E-state index < -0.39 is 0 Å². The highest BCUT2D eigenvalue weighted by molar-refractivity contribution is 5.82. The summed E-state index contributed by atoms with van der Waals surface area (Å²) in [5.41, 5.74) is 6.70. The van der Waals surface area contributed by atoms with Crippen molar-refractivity contribution in [2.24, 2.45) is 51.3 Å². The number of unbranched alkanes of at least 4 members (excludes halogenated alkanes) is 11. The molecular formula is C65H92N2O5. The average molecular weight is 981 g/mol. The van der Waals surface area contributed by atoms with Gasteiger partial charge in [0.05, 0.1) is 18.9 Å². The van der Waals surface area contributed by atoms with Crippen molar-refractivity contribution in [1.82, 2.24) is 4.98 Å². The van der Waals surface area contributed by atoms with E-state index in [1.165, 1.54) is 109 Å². The number of benzene rings is 3. The number of oxazole rings is 1. The molecule has 4 aromatic rings. The maximum absolute atomic E-state index is 13.0. The Morgan fingerprint density at radius 1 is 0.750 bits per heavy atom. The lowest BCUT2D eigenvalue weighted by Crippen LogP contribution is -2.51. The second-order valence-corrected chi connectivity index (χ2v) is 23.9. The van der Waals surface area contributed by atoms with Gasteiger partial charge in [0, 0.05) is 30.7 Å². The summed E-state index contributed by atoms with van der Waals surface area (Å²) in [7, 11) is 0. The van der Waals surface area contributed by atoms with Gasteiger partial charge in [-0.25, -0.2) is 4.98 Å². The normalized spacial score (nSPS) is 25.3. The Labute approximate surface area is 435 Å². The molecule has 8 rings (SSSR count). The molecule has 1 unspecified atom stereocenters. The van der Waals surface area contributed by atoms with Crippen molar-refractivity contribution in [3.8, 4) is 23.0 Å². The fraction of sp³-hybridized carbons (Fsp3) is 0.646. The molecule has 0 N–H and O–H groups in total. The molecule has 72 heavy (non-hydrogen) atoms. The minimum atomic E-state index is -0.0303. The van der Waals surface area contributed by atoms with Gasteiger partial charge in [-0.1, -0.05) is 130 Å².